The first-order valence-corrected chi connectivity index (χ1v) is 7.48. The number of carbonyl (C=O) groups is 1. The summed E-state index contributed by atoms with van der Waals surface area (Å²) in [5.74, 6) is -1.35. The maximum absolute atomic E-state index is 14.0. The van der Waals surface area contributed by atoms with E-state index in [1.54, 1.807) is 0 Å². The Bertz CT molecular complexity index is 783. The molecular formula is C16H14ClFN2O4. The molecule has 0 heterocycles. The summed E-state index contributed by atoms with van der Waals surface area (Å²) in [5.41, 5.74) is -0.714. The molecule has 2 rings (SSSR count). The molecule has 2 aromatic carbocycles. The lowest BCUT2D eigenvalue weighted by Crippen LogP contribution is -2.15. The fourth-order valence-electron chi connectivity index (χ4n) is 1.96. The molecule has 126 valence electrons. The molecule has 2 aromatic rings. The summed E-state index contributed by atoms with van der Waals surface area (Å²) >= 11 is 5.89. The van der Waals surface area contributed by atoms with Crippen molar-refractivity contribution in [2.45, 2.75) is 13.3 Å². The maximum Gasteiger partial charge on any atom is 0.282 e. The second kappa shape index (κ2) is 7.74. The average molecular weight is 353 g/mol. The molecule has 0 atom stereocenters. The molecule has 0 radical (unpaired) electrons. The second-order valence-corrected chi connectivity index (χ2v) is 5.25. The molecule has 0 aliphatic rings. The number of ether oxygens (including phenoxy) is 1. The van der Waals surface area contributed by atoms with Gasteiger partial charge in [-0.1, -0.05) is 30.7 Å². The minimum absolute atomic E-state index is 0.0737. The van der Waals surface area contributed by atoms with Crippen molar-refractivity contribution in [2.24, 2.45) is 0 Å². The van der Waals surface area contributed by atoms with Crippen LogP contribution in [0.3, 0.4) is 0 Å². The summed E-state index contributed by atoms with van der Waals surface area (Å²) in [4.78, 5) is 22.5. The van der Waals surface area contributed by atoms with Crippen LogP contribution in [0, 0.1) is 15.9 Å². The third-order valence-electron chi connectivity index (χ3n) is 3.08. The number of halogens is 2. The van der Waals surface area contributed by atoms with E-state index in [1.165, 1.54) is 30.3 Å². The van der Waals surface area contributed by atoms with Crippen LogP contribution in [0.1, 0.15) is 23.7 Å². The molecule has 0 saturated carbocycles. The lowest BCUT2D eigenvalue weighted by molar-refractivity contribution is -0.385. The zero-order valence-electron chi connectivity index (χ0n) is 12.7. The minimum atomic E-state index is -0.801. The first-order valence-electron chi connectivity index (χ1n) is 7.10. The van der Waals surface area contributed by atoms with Gasteiger partial charge in [0.2, 0.25) is 0 Å². The van der Waals surface area contributed by atoms with Gasteiger partial charge in [0.05, 0.1) is 22.2 Å². The highest BCUT2D eigenvalue weighted by Crippen LogP contribution is 2.31. The molecule has 0 spiro atoms. The number of para-hydroxylation sites is 1. The van der Waals surface area contributed by atoms with Gasteiger partial charge in [-0.2, -0.15) is 0 Å². The number of carbonyl (C=O) groups excluding carboxylic acids is 1. The van der Waals surface area contributed by atoms with Crippen molar-refractivity contribution in [3.8, 4) is 5.75 Å². The molecule has 0 aliphatic carbocycles. The Morgan fingerprint density at radius 1 is 1.38 bits per heavy atom. The Morgan fingerprint density at radius 3 is 2.75 bits per heavy atom. The fourth-order valence-corrected chi connectivity index (χ4v) is 2.17. The molecule has 6 nitrogen and oxygen atoms in total. The van der Waals surface area contributed by atoms with E-state index in [9.17, 15) is 19.3 Å². The van der Waals surface area contributed by atoms with E-state index in [4.69, 9.17) is 16.3 Å². The number of nitrogens with zero attached hydrogens (tertiary/aromatic N) is 1. The lowest BCUT2D eigenvalue weighted by atomic mass is 10.1. The van der Waals surface area contributed by atoms with Crippen LogP contribution in [0.5, 0.6) is 5.75 Å². The number of nitrogens with one attached hydrogen (secondary N) is 1. The van der Waals surface area contributed by atoms with Crippen molar-refractivity contribution >= 4 is 28.9 Å². The monoisotopic (exact) mass is 352 g/mol. The number of nitro groups is 1. The standard InChI is InChI=1S/C16H14ClFN2O4/c1-2-7-24-15-9-13(12(18)8-11(15)17)19-16(21)10-5-3-4-6-14(10)20(22)23/h3-6,8-9H,2,7H2,1H3,(H,19,21). The van der Waals surface area contributed by atoms with Gasteiger partial charge in [0, 0.05) is 12.1 Å². The molecule has 0 fully saturated rings. The third-order valence-corrected chi connectivity index (χ3v) is 3.37. The topological polar surface area (TPSA) is 81.5 Å². The van der Waals surface area contributed by atoms with Crippen molar-refractivity contribution in [1.29, 1.82) is 0 Å². The number of hydrogen-bond donors (Lipinski definition) is 1. The molecule has 1 amide bonds. The van der Waals surface area contributed by atoms with Crippen molar-refractivity contribution < 1.29 is 18.8 Å². The number of hydrogen-bond acceptors (Lipinski definition) is 4. The van der Waals surface area contributed by atoms with E-state index in [2.05, 4.69) is 5.32 Å². The SMILES string of the molecule is CCCOc1cc(NC(=O)c2ccccc2[N+](=O)[O-])c(F)cc1Cl. The zero-order valence-corrected chi connectivity index (χ0v) is 13.5. The van der Waals surface area contributed by atoms with Crippen LogP contribution >= 0.6 is 11.6 Å². The van der Waals surface area contributed by atoms with E-state index >= 15 is 0 Å². The Hall–Kier alpha value is -2.67. The average Bonchev–Trinajstić information content (AvgIpc) is 2.56. The first kappa shape index (κ1) is 17.7. The van der Waals surface area contributed by atoms with Gasteiger partial charge in [-0.25, -0.2) is 4.39 Å². The van der Waals surface area contributed by atoms with E-state index < -0.39 is 16.6 Å². The maximum atomic E-state index is 14.0. The smallest absolute Gasteiger partial charge is 0.282 e. The van der Waals surface area contributed by atoms with Crippen LogP contribution in [-0.2, 0) is 0 Å². The van der Waals surface area contributed by atoms with Crippen LogP contribution < -0.4 is 10.1 Å². The largest absolute Gasteiger partial charge is 0.492 e. The number of benzene rings is 2. The molecule has 8 heteroatoms. The van der Waals surface area contributed by atoms with Crippen molar-refractivity contribution in [2.75, 3.05) is 11.9 Å². The van der Waals surface area contributed by atoms with E-state index in [1.807, 2.05) is 6.92 Å². The highest BCUT2D eigenvalue weighted by atomic mass is 35.5. The highest BCUT2D eigenvalue weighted by Gasteiger charge is 2.21. The number of anilines is 1. The van der Waals surface area contributed by atoms with Crippen molar-refractivity contribution in [1.82, 2.24) is 0 Å². The zero-order chi connectivity index (χ0) is 17.7. The number of nitro benzene ring substituents is 1. The van der Waals surface area contributed by atoms with Gasteiger partial charge >= 0.3 is 0 Å². The summed E-state index contributed by atoms with van der Waals surface area (Å²) < 4.78 is 19.4. The predicted octanol–water partition coefficient (Wildman–Crippen LogP) is 4.43. The predicted molar refractivity (Wildman–Crippen MR) is 88.2 cm³/mol. The van der Waals surface area contributed by atoms with Crippen molar-refractivity contribution in [3.63, 3.8) is 0 Å². The van der Waals surface area contributed by atoms with Gasteiger partial charge in [0.25, 0.3) is 11.6 Å². The molecule has 1 N–H and O–H groups in total. The van der Waals surface area contributed by atoms with E-state index in [-0.39, 0.29) is 27.7 Å². The van der Waals surface area contributed by atoms with Gasteiger partial charge in [-0.15, -0.1) is 0 Å². The molecular weight excluding hydrogens is 339 g/mol. The summed E-state index contributed by atoms with van der Waals surface area (Å²) in [6.45, 7) is 2.28. The normalized spacial score (nSPS) is 10.3. The third kappa shape index (κ3) is 3.99. The quantitative estimate of drug-likeness (QED) is 0.616. The van der Waals surface area contributed by atoms with Gasteiger partial charge < -0.3 is 10.1 Å². The van der Waals surface area contributed by atoms with Gasteiger partial charge in [-0.3, -0.25) is 14.9 Å². The summed E-state index contributed by atoms with van der Waals surface area (Å²) in [7, 11) is 0. The Balaban J connectivity index is 2.31. The summed E-state index contributed by atoms with van der Waals surface area (Å²) in [5, 5.41) is 13.4. The summed E-state index contributed by atoms with van der Waals surface area (Å²) in [6.07, 6.45) is 0.728. The molecule has 0 bridgehead atoms. The molecule has 0 saturated heterocycles. The second-order valence-electron chi connectivity index (χ2n) is 4.84. The molecule has 24 heavy (non-hydrogen) atoms. The van der Waals surface area contributed by atoms with Crippen molar-refractivity contribution in [3.05, 3.63) is 62.9 Å². The van der Waals surface area contributed by atoms with Crippen LogP contribution in [0.15, 0.2) is 36.4 Å². The fraction of sp³-hybridized carbons (Fsp3) is 0.188. The van der Waals surface area contributed by atoms with Gasteiger partial charge in [0.15, 0.2) is 0 Å². The number of rotatable bonds is 6. The molecule has 0 aromatic heterocycles. The number of amides is 1. The van der Waals surface area contributed by atoms with E-state index in [0.29, 0.717) is 6.61 Å². The molecule has 0 aliphatic heterocycles. The Kier molecular flexibility index (Phi) is 5.70. The summed E-state index contributed by atoms with van der Waals surface area (Å²) in [6, 6.07) is 7.67. The molecule has 0 unspecified atom stereocenters. The Morgan fingerprint density at radius 2 is 2.08 bits per heavy atom. The van der Waals surface area contributed by atoms with Gasteiger partial charge in [0.1, 0.15) is 17.1 Å². The highest BCUT2D eigenvalue weighted by molar-refractivity contribution is 6.32. The first-order chi connectivity index (χ1) is 11.4. The minimum Gasteiger partial charge on any atom is -0.492 e. The van der Waals surface area contributed by atoms with Crippen LogP contribution in [0.25, 0.3) is 0 Å². The lowest BCUT2D eigenvalue weighted by Gasteiger charge is -2.11. The van der Waals surface area contributed by atoms with Gasteiger partial charge in [-0.05, 0) is 18.6 Å². The van der Waals surface area contributed by atoms with Crippen LogP contribution in [0.2, 0.25) is 5.02 Å². The van der Waals surface area contributed by atoms with Crippen LogP contribution in [0.4, 0.5) is 15.8 Å². The van der Waals surface area contributed by atoms with Crippen LogP contribution in [-0.4, -0.2) is 17.4 Å². The Labute approximate surface area is 142 Å². The van der Waals surface area contributed by atoms with E-state index in [0.717, 1.165) is 12.5 Å².